The molecule has 1 heterocycles. The van der Waals surface area contributed by atoms with E-state index in [0.29, 0.717) is 19.4 Å². The summed E-state index contributed by atoms with van der Waals surface area (Å²) in [4.78, 5) is 28.0. The summed E-state index contributed by atoms with van der Waals surface area (Å²) in [6.45, 7) is 4.51. The molecule has 1 aliphatic heterocycles. The van der Waals surface area contributed by atoms with Crippen LogP contribution < -0.4 is 14.8 Å². The Morgan fingerprint density at radius 3 is 2.62 bits per heavy atom. The second-order valence-corrected chi connectivity index (χ2v) is 8.86. The summed E-state index contributed by atoms with van der Waals surface area (Å²) < 4.78 is 10.8. The van der Waals surface area contributed by atoms with Crippen LogP contribution in [0.4, 0.5) is 0 Å². The lowest BCUT2D eigenvalue weighted by Gasteiger charge is -2.30. The highest BCUT2D eigenvalue weighted by atomic mass is 16.7. The number of hydrogen-bond donors (Lipinski definition) is 1. The van der Waals surface area contributed by atoms with E-state index >= 15 is 0 Å². The molecule has 1 saturated carbocycles. The van der Waals surface area contributed by atoms with Crippen LogP contribution in [0.15, 0.2) is 42.5 Å². The molecule has 0 unspecified atom stereocenters. The summed E-state index contributed by atoms with van der Waals surface area (Å²) in [5, 5.41) is 3.15. The van der Waals surface area contributed by atoms with Gasteiger partial charge >= 0.3 is 0 Å². The molecule has 6 nitrogen and oxygen atoms in total. The highest BCUT2D eigenvalue weighted by Crippen LogP contribution is 2.32. The van der Waals surface area contributed by atoms with E-state index in [1.807, 2.05) is 50.2 Å². The number of ether oxygens (including phenoxy) is 2. The van der Waals surface area contributed by atoms with Crippen LogP contribution in [0.1, 0.15) is 55.7 Å². The van der Waals surface area contributed by atoms with E-state index in [4.69, 9.17) is 9.47 Å². The van der Waals surface area contributed by atoms with Crippen LogP contribution in [-0.2, 0) is 22.6 Å². The second-order valence-electron chi connectivity index (χ2n) is 8.86. The van der Waals surface area contributed by atoms with Gasteiger partial charge in [-0.1, -0.05) is 48.7 Å². The third-order valence-electron chi connectivity index (χ3n) is 6.37. The van der Waals surface area contributed by atoms with Gasteiger partial charge in [0.25, 0.3) is 0 Å². The number of nitrogens with one attached hydrogen (secondary N) is 1. The molecule has 0 spiro atoms. The lowest BCUT2D eigenvalue weighted by molar-refractivity contribution is -0.140. The summed E-state index contributed by atoms with van der Waals surface area (Å²) in [6.07, 6.45) is 5.26. The van der Waals surface area contributed by atoms with Crippen LogP contribution in [0.5, 0.6) is 11.5 Å². The van der Waals surface area contributed by atoms with Crippen LogP contribution >= 0.6 is 0 Å². The zero-order chi connectivity index (χ0) is 22.5. The number of rotatable bonds is 8. The normalized spacial score (nSPS) is 16.1. The predicted molar refractivity (Wildman–Crippen MR) is 122 cm³/mol. The minimum Gasteiger partial charge on any atom is -0.454 e. The summed E-state index contributed by atoms with van der Waals surface area (Å²) in [7, 11) is 0. The highest BCUT2D eigenvalue weighted by Gasteiger charge is 2.28. The summed E-state index contributed by atoms with van der Waals surface area (Å²) in [5.41, 5.74) is 3.18. The van der Waals surface area contributed by atoms with E-state index in [-0.39, 0.29) is 24.6 Å². The molecule has 170 valence electrons. The number of carbonyl (C=O) groups excluding carboxylic acids is 2. The van der Waals surface area contributed by atoms with Gasteiger partial charge in [-0.2, -0.15) is 0 Å². The van der Waals surface area contributed by atoms with E-state index < -0.39 is 6.04 Å². The SMILES string of the molecule is Cc1cccc(CN(C(=O)CCc2ccc3c(c2)OCO3)[C@H](C)C(=O)NC2CCCC2)c1. The molecule has 1 fully saturated rings. The minimum absolute atomic E-state index is 0.0294. The van der Waals surface area contributed by atoms with Crippen LogP contribution in [0.25, 0.3) is 0 Å². The molecule has 6 heteroatoms. The minimum atomic E-state index is -0.527. The molecule has 2 aromatic carbocycles. The third-order valence-corrected chi connectivity index (χ3v) is 6.37. The maximum atomic E-state index is 13.3. The average Bonchev–Trinajstić information content (AvgIpc) is 3.47. The molecular weight excluding hydrogens is 404 g/mol. The summed E-state index contributed by atoms with van der Waals surface area (Å²) in [6, 6.07) is 13.6. The number of nitrogens with zero attached hydrogens (tertiary/aromatic N) is 1. The van der Waals surface area contributed by atoms with E-state index in [0.717, 1.165) is 53.9 Å². The second kappa shape index (κ2) is 10.1. The number of aryl methyl sites for hydroxylation is 2. The van der Waals surface area contributed by atoms with Crippen molar-refractivity contribution in [1.82, 2.24) is 10.2 Å². The van der Waals surface area contributed by atoms with Gasteiger partial charge in [-0.25, -0.2) is 0 Å². The molecule has 1 N–H and O–H groups in total. The van der Waals surface area contributed by atoms with Gasteiger partial charge in [0.15, 0.2) is 11.5 Å². The Morgan fingerprint density at radius 1 is 1.06 bits per heavy atom. The summed E-state index contributed by atoms with van der Waals surface area (Å²) in [5.74, 6) is 1.36. The van der Waals surface area contributed by atoms with Gasteiger partial charge in [0.05, 0.1) is 0 Å². The Labute approximate surface area is 189 Å². The van der Waals surface area contributed by atoms with Gasteiger partial charge in [0.1, 0.15) is 6.04 Å². The molecule has 2 aliphatic rings. The molecule has 0 aromatic heterocycles. The quantitative estimate of drug-likeness (QED) is 0.676. The predicted octanol–water partition coefficient (Wildman–Crippen LogP) is 4.13. The lowest BCUT2D eigenvalue weighted by Crippen LogP contribution is -2.49. The van der Waals surface area contributed by atoms with Gasteiger partial charge in [-0.3, -0.25) is 9.59 Å². The fourth-order valence-corrected chi connectivity index (χ4v) is 4.47. The van der Waals surface area contributed by atoms with Crippen molar-refractivity contribution in [1.29, 1.82) is 0 Å². The third kappa shape index (κ3) is 5.42. The first-order chi connectivity index (χ1) is 15.5. The average molecular weight is 437 g/mol. The molecule has 1 atom stereocenters. The molecule has 2 amide bonds. The maximum Gasteiger partial charge on any atom is 0.242 e. The van der Waals surface area contributed by atoms with Crippen molar-refractivity contribution >= 4 is 11.8 Å². The number of benzene rings is 2. The van der Waals surface area contributed by atoms with Crippen LogP contribution in [0, 0.1) is 6.92 Å². The Morgan fingerprint density at radius 2 is 1.84 bits per heavy atom. The Bertz CT molecular complexity index is 968. The van der Waals surface area contributed by atoms with Gasteiger partial charge in [-0.05, 0) is 56.4 Å². The smallest absolute Gasteiger partial charge is 0.242 e. The van der Waals surface area contributed by atoms with E-state index in [2.05, 4.69) is 11.4 Å². The molecule has 32 heavy (non-hydrogen) atoms. The zero-order valence-corrected chi connectivity index (χ0v) is 18.9. The van der Waals surface area contributed by atoms with Crippen LogP contribution in [0.3, 0.4) is 0 Å². The molecule has 4 rings (SSSR count). The van der Waals surface area contributed by atoms with E-state index in [1.165, 1.54) is 0 Å². The molecule has 1 aliphatic carbocycles. The molecule has 0 radical (unpaired) electrons. The van der Waals surface area contributed by atoms with E-state index in [9.17, 15) is 9.59 Å². The van der Waals surface area contributed by atoms with Crippen molar-refractivity contribution < 1.29 is 19.1 Å². The fraction of sp³-hybridized carbons (Fsp3) is 0.462. The Balaban J connectivity index is 1.45. The highest BCUT2D eigenvalue weighted by molar-refractivity contribution is 5.87. The van der Waals surface area contributed by atoms with Crippen molar-refractivity contribution in [2.45, 2.75) is 71.0 Å². The van der Waals surface area contributed by atoms with Crippen molar-refractivity contribution in [3.8, 4) is 11.5 Å². The standard InChI is InChI=1S/C26H32N2O4/c1-18-6-5-7-21(14-18)16-28(19(2)26(30)27-22-8-3-4-9-22)25(29)13-11-20-10-12-23-24(15-20)32-17-31-23/h5-7,10,12,14-15,19,22H,3-4,8-9,11,13,16-17H2,1-2H3,(H,27,30)/t19-/m1/s1. The topological polar surface area (TPSA) is 67.9 Å². The van der Waals surface area contributed by atoms with Gasteiger partial charge in [0.2, 0.25) is 18.6 Å². The van der Waals surface area contributed by atoms with E-state index in [1.54, 1.807) is 4.90 Å². The van der Waals surface area contributed by atoms with Crippen molar-refractivity contribution in [2.24, 2.45) is 0 Å². The van der Waals surface area contributed by atoms with Crippen molar-refractivity contribution in [2.75, 3.05) is 6.79 Å². The van der Waals surface area contributed by atoms with Crippen LogP contribution in [-0.4, -0.2) is 35.6 Å². The summed E-state index contributed by atoms with van der Waals surface area (Å²) >= 11 is 0. The first-order valence-electron chi connectivity index (χ1n) is 11.5. The maximum absolute atomic E-state index is 13.3. The fourth-order valence-electron chi connectivity index (χ4n) is 4.47. The number of fused-ring (bicyclic) bond motifs is 1. The zero-order valence-electron chi connectivity index (χ0n) is 18.9. The molecule has 2 aromatic rings. The first-order valence-corrected chi connectivity index (χ1v) is 11.5. The first kappa shape index (κ1) is 22.2. The van der Waals surface area contributed by atoms with Crippen LogP contribution in [0.2, 0.25) is 0 Å². The lowest BCUT2D eigenvalue weighted by atomic mass is 10.1. The number of hydrogen-bond acceptors (Lipinski definition) is 4. The Kier molecular flexibility index (Phi) is 6.98. The van der Waals surface area contributed by atoms with Gasteiger partial charge < -0.3 is 19.7 Å². The van der Waals surface area contributed by atoms with Crippen molar-refractivity contribution in [3.05, 3.63) is 59.2 Å². The largest absolute Gasteiger partial charge is 0.454 e. The number of amides is 2. The Hall–Kier alpha value is -3.02. The molecule has 0 bridgehead atoms. The molecule has 0 saturated heterocycles. The molecular formula is C26H32N2O4. The monoisotopic (exact) mass is 436 g/mol. The number of carbonyl (C=O) groups is 2. The van der Waals surface area contributed by atoms with Gasteiger partial charge in [0, 0.05) is 19.0 Å². The van der Waals surface area contributed by atoms with Gasteiger partial charge in [-0.15, -0.1) is 0 Å². The van der Waals surface area contributed by atoms with Crippen molar-refractivity contribution in [3.63, 3.8) is 0 Å².